The molecule has 1 aromatic carbocycles. The van der Waals surface area contributed by atoms with E-state index < -0.39 is 0 Å². The van der Waals surface area contributed by atoms with Gasteiger partial charge in [0.15, 0.2) is 0 Å². The van der Waals surface area contributed by atoms with Crippen LogP contribution in [0.25, 0.3) is 0 Å². The third kappa shape index (κ3) is 2.92. The van der Waals surface area contributed by atoms with Gasteiger partial charge in [0.2, 0.25) is 0 Å². The minimum Gasteiger partial charge on any atom is -0.508 e. The van der Waals surface area contributed by atoms with Crippen molar-refractivity contribution < 1.29 is 5.11 Å². The van der Waals surface area contributed by atoms with E-state index >= 15 is 0 Å². The zero-order valence-corrected chi connectivity index (χ0v) is 11.0. The average Bonchev–Trinajstić information content (AvgIpc) is 2.40. The van der Waals surface area contributed by atoms with E-state index in [2.05, 4.69) is 29.8 Å². The van der Waals surface area contributed by atoms with Crippen molar-refractivity contribution in [2.24, 2.45) is 0 Å². The highest BCUT2D eigenvalue weighted by Gasteiger charge is 2.23. The van der Waals surface area contributed by atoms with Gasteiger partial charge in [-0.1, -0.05) is 23.8 Å². The van der Waals surface area contributed by atoms with Crippen molar-refractivity contribution in [3.8, 4) is 5.75 Å². The molecule has 0 bridgehead atoms. The van der Waals surface area contributed by atoms with Crippen LogP contribution in [0.2, 0.25) is 0 Å². The molecule has 1 fully saturated rings. The van der Waals surface area contributed by atoms with Gasteiger partial charge in [-0.25, -0.2) is 0 Å². The molecule has 1 aliphatic heterocycles. The number of phenolic OH excluding ortho intramolecular Hbond substituents is 1. The molecular formula is C15H22N2O. The Bertz CT molecular complexity index is 411. The first-order chi connectivity index (χ1) is 8.72. The predicted molar refractivity (Wildman–Crippen MR) is 74.8 cm³/mol. The minimum atomic E-state index is 0.240. The zero-order chi connectivity index (χ0) is 13.0. The molecule has 1 atom stereocenters. The first-order valence-electron chi connectivity index (χ1n) is 6.57. The van der Waals surface area contributed by atoms with Gasteiger partial charge < -0.3 is 10.4 Å². The molecule has 0 aromatic heterocycles. The van der Waals surface area contributed by atoms with Crippen molar-refractivity contribution in [3.05, 3.63) is 42.0 Å². The highest BCUT2D eigenvalue weighted by Crippen LogP contribution is 2.32. The van der Waals surface area contributed by atoms with Crippen molar-refractivity contribution in [2.45, 2.75) is 19.4 Å². The summed E-state index contributed by atoms with van der Waals surface area (Å²) in [4.78, 5) is 2.42. The normalized spacial score (nSPS) is 18.5. The number of phenols is 1. The van der Waals surface area contributed by atoms with Crippen LogP contribution >= 0.6 is 0 Å². The number of piperazine rings is 1. The van der Waals surface area contributed by atoms with E-state index in [1.807, 2.05) is 12.1 Å². The monoisotopic (exact) mass is 246 g/mol. The van der Waals surface area contributed by atoms with Gasteiger partial charge in [0, 0.05) is 37.8 Å². The smallest absolute Gasteiger partial charge is 0.120 e. The Morgan fingerprint density at radius 1 is 1.44 bits per heavy atom. The quantitative estimate of drug-likeness (QED) is 0.800. The van der Waals surface area contributed by atoms with Gasteiger partial charge in [-0.3, -0.25) is 4.90 Å². The third-order valence-electron chi connectivity index (χ3n) is 3.52. The van der Waals surface area contributed by atoms with E-state index in [9.17, 15) is 5.11 Å². The van der Waals surface area contributed by atoms with Crippen LogP contribution in [-0.2, 0) is 0 Å². The van der Waals surface area contributed by atoms with Crippen LogP contribution in [0.15, 0.2) is 30.9 Å². The second kappa shape index (κ2) is 6.03. The van der Waals surface area contributed by atoms with Crippen LogP contribution in [0.4, 0.5) is 0 Å². The van der Waals surface area contributed by atoms with Crippen LogP contribution in [0.3, 0.4) is 0 Å². The molecule has 0 spiro atoms. The third-order valence-corrected chi connectivity index (χ3v) is 3.52. The lowest BCUT2D eigenvalue weighted by Gasteiger charge is -2.35. The van der Waals surface area contributed by atoms with Crippen LogP contribution in [0.5, 0.6) is 5.75 Å². The molecule has 2 rings (SSSR count). The Morgan fingerprint density at radius 2 is 2.17 bits per heavy atom. The topological polar surface area (TPSA) is 35.5 Å². The van der Waals surface area contributed by atoms with Gasteiger partial charge in [0.1, 0.15) is 5.75 Å². The SMILES string of the molecule is C=CC[C@@H](c1cc(C)ccc1O)N1CCNCC1. The van der Waals surface area contributed by atoms with E-state index in [1.165, 1.54) is 5.56 Å². The number of hydrogen-bond donors (Lipinski definition) is 2. The van der Waals surface area contributed by atoms with Crippen molar-refractivity contribution in [2.75, 3.05) is 26.2 Å². The molecule has 3 heteroatoms. The van der Waals surface area contributed by atoms with Crippen molar-refractivity contribution >= 4 is 0 Å². The lowest BCUT2D eigenvalue weighted by Crippen LogP contribution is -2.45. The highest BCUT2D eigenvalue weighted by molar-refractivity contribution is 5.38. The molecule has 0 saturated carbocycles. The molecule has 0 amide bonds. The fourth-order valence-corrected chi connectivity index (χ4v) is 2.57. The molecule has 0 radical (unpaired) electrons. The molecule has 18 heavy (non-hydrogen) atoms. The summed E-state index contributed by atoms with van der Waals surface area (Å²) in [6.45, 7) is 9.98. The summed E-state index contributed by atoms with van der Waals surface area (Å²) in [7, 11) is 0. The summed E-state index contributed by atoms with van der Waals surface area (Å²) in [5.74, 6) is 0.394. The minimum absolute atomic E-state index is 0.240. The first-order valence-corrected chi connectivity index (χ1v) is 6.57. The summed E-state index contributed by atoms with van der Waals surface area (Å²) < 4.78 is 0. The molecule has 1 saturated heterocycles. The van der Waals surface area contributed by atoms with E-state index in [0.717, 1.165) is 38.2 Å². The first kappa shape index (κ1) is 13.1. The summed E-state index contributed by atoms with van der Waals surface area (Å²) in [5, 5.41) is 13.4. The van der Waals surface area contributed by atoms with Gasteiger partial charge in [-0.15, -0.1) is 6.58 Å². The molecule has 0 aliphatic carbocycles. The van der Waals surface area contributed by atoms with E-state index in [-0.39, 0.29) is 6.04 Å². The number of aromatic hydroxyl groups is 1. The predicted octanol–water partition coefficient (Wildman–Crippen LogP) is 2.22. The molecular weight excluding hydrogens is 224 g/mol. The lowest BCUT2D eigenvalue weighted by molar-refractivity contribution is 0.172. The number of nitrogens with one attached hydrogen (secondary N) is 1. The number of benzene rings is 1. The fraction of sp³-hybridized carbons (Fsp3) is 0.467. The molecule has 3 nitrogen and oxygen atoms in total. The average molecular weight is 246 g/mol. The van der Waals surface area contributed by atoms with Crippen LogP contribution in [-0.4, -0.2) is 36.2 Å². The van der Waals surface area contributed by atoms with E-state index in [1.54, 1.807) is 6.07 Å². The standard InChI is InChI=1S/C15H22N2O/c1-3-4-14(17-9-7-16-8-10-17)13-11-12(2)5-6-15(13)18/h3,5-6,11,14,16,18H,1,4,7-10H2,2H3/t14-/m0/s1. The molecule has 98 valence electrons. The Kier molecular flexibility index (Phi) is 4.39. The second-order valence-electron chi connectivity index (χ2n) is 4.89. The summed E-state index contributed by atoms with van der Waals surface area (Å²) in [6, 6.07) is 6.07. The summed E-state index contributed by atoms with van der Waals surface area (Å²) in [6.07, 6.45) is 2.81. The largest absolute Gasteiger partial charge is 0.508 e. The molecule has 1 aliphatic rings. The highest BCUT2D eigenvalue weighted by atomic mass is 16.3. The van der Waals surface area contributed by atoms with E-state index in [0.29, 0.717) is 5.75 Å². The number of aryl methyl sites for hydroxylation is 1. The van der Waals surface area contributed by atoms with Gasteiger partial charge >= 0.3 is 0 Å². The van der Waals surface area contributed by atoms with Crippen LogP contribution in [0, 0.1) is 6.92 Å². The Hall–Kier alpha value is -1.32. The zero-order valence-electron chi connectivity index (χ0n) is 11.0. The maximum Gasteiger partial charge on any atom is 0.120 e. The maximum atomic E-state index is 10.1. The molecule has 0 unspecified atom stereocenters. The maximum absolute atomic E-state index is 10.1. The summed E-state index contributed by atoms with van der Waals surface area (Å²) in [5.41, 5.74) is 2.21. The molecule has 1 aromatic rings. The van der Waals surface area contributed by atoms with E-state index in [4.69, 9.17) is 0 Å². The fourth-order valence-electron chi connectivity index (χ4n) is 2.57. The summed E-state index contributed by atoms with van der Waals surface area (Å²) >= 11 is 0. The Balaban J connectivity index is 2.27. The van der Waals surface area contributed by atoms with Crippen molar-refractivity contribution in [3.63, 3.8) is 0 Å². The molecule has 2 N–H and O–H groups in total. The second-order valence-corrected chi connectivity index (χ2v) is 4.89. The van der Waals surface area contributed by atoms with Gasteiger partial charge in [-0.05, 0) is 19.4 Å². The van der Waals surface area contributed by atoms with Crippen LogP contribution < -0.4 is 5.32 Å². The van der Waals surface area contributed by atoms with Gasteiger partial charge in [0.05, 0.1) is 0 Å². The van der Waals surface area contributed by atoms with Gasteiger partial charge in [0.25, 0.3) is 0 Å². The van der Waals surface area contributed by atoms with Crippen LogP contribution in [0.1, 0.15) is 23.6 Å². The lowest BCUT2D eigenvalue weighted by atomic mass is 9.98. The van der Waals surface area contributed by atoms with Crippen molar-refractivity contribution in [1.82, 2.24) is 10.2 Å². The number of hydrogen-bond acceptors (Lipinski definition) is 3. The molecule has 1 heterocycles. The number of rotatable bonds is 4. The Labute approximate surface area is 109 Å². The Morgan fingerprint density at radius 3 is 2.83 bits per heavy atom. The number of nitrogens with zero attached hydrogens (tertiary/aromatic N) is 1. The van der Waals surface area contributed by atoms with Gasteiger partial charge in [-0.2, -0.15) is 0 Å². The van der Waals surface area contributed by atoms with Crippen molar-refractivity contribution in [1.29, 1.82) is 0 Å².